The molecule has 3 heteroatoms. The van der Waals surface area contributed by atoms with Crippen molar-refractivity contribution in [3.63, 3.8) is 0 Å². The third-order valence-corrected chi connectivity index (χ3v) is 5.61. The third kappa shape index (κ3) is 4.00. The van der Waals surface area contributed by atoms with Gasteiger partial charge in [-0.1, -0.05) is 45.6 Å². The lowest BCUT2D eigenvalue weighted by atomic mass is 10.0. The number of rotatable bonds is 4. The van der Waals surface area contributed by atoms with E-state index in [9.17, 15) is 4.39 Å². The quantitative estimate of drug-likeness (QED) is 0.750. The number of halogens is 1. The number of aromatic nitrogens is 1. The molecule has 2 aromatic rings. The molecule has 0 spiro atoms. The Labute approximate surface area is 128 Å². The van der Waals surface area contributed by atoms with Crippen molar-refractivity contribution in [3.8, 4) is 11.3 Å². The minimum absolute atomic E-state index is 0.214. The Kier molecular flexibility index (Phi) is 4.62. The molecule has 0 unspecified atom stereocenters. The summed E-state index contributed by atoms with van der Waals surface area (Å²) < 4.78 is 13.4. The van der Waals surface area contributed by atoms with Crippen LogP contribution in [0, 0.1) is 11.7 Å². The highest BCUT2D eigenvalue weighted by atomic mass is 28.3. The fraction of sp³-hybridized carbons (Fsp3) is 0.389. The van der Waals surface area contributed by atoms with E-state index in [-0.39, 0.29) is 5.82 Å². The van der Waals surface area contributed by atoms with Gasteiger partial charge >= 0.3 is 0 Å². The molecule has 0 amide bonds. The molecule has 0 N–H and O–H groups in total. The van der Waals surface area contributed by atoms with Crippen LogP contribution >= 0.6 is 0 Å². The molecule has 1 aromatic carbocycles. The van der Waals surface area contributed by atoms with Gasteiger partial charge in [-0.15, -0.1) is 0 Å². The maximum Gasteiger partial charge on any atom is 0.123 e. The van der Waals surface area contributed by atoms with E-state index in [0.29, 0.717) is 5.92 Å². The van der Waals surface area contributed by atoms with E-state index in [1.807, 2.05) is 12.3 Å². The zero-order valence-electron chi connectivity index (χ0n) is 13.6. The van der Waals surface area contributed by atoms with E-state index in [1.165, 1.54) is 16.8 Å². The van der Waals surface area contributed by atoms with Crippen molar-refractivity contribution in [2.24, 2.45) is 5.92 Å². The van der Waals surface area contributed by atoms with Crippen LogP contribution in [0.25, 0.3) is 11.3 Å². The first-order valence-corrected chi connectivity index (χ1v) is 11.0. The van der Waals surface area contributed by atoms with E-state index in [1.54, 1.807) is 12.1 Å². The predicted octanol–water partition coefficient (Wildman–Crippen LogP) is 4.63. The van der Waals surface area contributed by atoms with Crippen molar-refractivity contribution in [2.45, 2.75) is 39.9 Å². The van der Waals surface area contributed by atoms with Gasteiger partial charge in [0.15, 0.2) is 0 Å². The summed E-state index contributed by atoms with van der Waals surface area (Å²) in [5.74, 6) is 0.386. The molecule has 112 valence electrons. The maximum atomic E-state index is 13.4. The molecule has 0 atom stereocenters. The molecule has 0 aliphatic carbocycles. The van der Waals surface area contributed by atoms with E-state index in [2.05, 4.69) is 44.5 Å². The summed E-state index contributed by atoms with van der Waals surface area (Å²) in [6, 6.07) is 8.83. The lowest BCUT2D eigenvalue weighted by Gasteiger charge is -2.22. The van der Waals surface area contributed by atoms with Gasteiger partial charge < -0.3 is 0 Å². The molecule has 21 heavy (non-hydrogen) atoms. The van der Waals surface area contributed by atoms with Crippen LogP contribution in [0.4, 0.5) is 4.39 Å². The Hall–Kier alpha value is -1.48. The molecule has 0 aliphatic heterocycles. The highest BCUT2D eigenvalue weighted by Crippen LogP contribution is 2.21. The Morgan fingerprint density at radius 3 is 2.43 bits per heavy atom. The monoisotopic (exact) mass is 301 g/mol. The van der Waals surface area contributed by atoms with E-state index in [0.717, 1.165) is 17.7 Å². The standard InChI is InChI=1S/C18H24FNSi/c1-13(2)9-15-11-17(14-7-6-8-16(19)10-14)20-12-18(15)21(3,4)5/h6-8,10-13H,9H2,1-5H3. The first-order valence-electron chi connectivity index (χ1n) is 7.52. The second-order valence-electron chi connectivity index (χ2n) is 7.09. The molecule has 0 saturated heterocycles. The van der Waals surface area contributed by atoms with Crippen LogP contribution in [0.3, 0.4) is 0 Å². The van der Waals surface area contributed by atoms with Crippen molar-refractivity contribution in [1.29, 1.82) is 0 Å². The minimum atomic E-state index is -1.42. The summed E-state index contributed by atoms with van der Waals surface area (Å²) in [7, 11) is -1.42. The zero-order chi connectivity index (χ0) is 15.6. The molecule has 0 fully saturated rings. The second-order valence-corrected chi connectivity index (χ2v) is 12.1. The molecule has 1 nitrogen and oxygen atoms in total. The minimum Gasteiger partial charge on any atom is -0.256 e. The van der Waals surface area contributed by atoms with Crippen molar-refractivity contribution in [3.05, 3.63) is 47.9 Å². The fourth-order valence-electron chi connectivity index (χ4n) is 2.59. The van der Waals surface area contributed by atoms with Gasteiger partial charge in [-0.05, 0) is 41.3 Å². The van der Waals surface area contributed by atoms with Gasteiger partial charge in [-0.2, -0.15) is 0 Å². The summed E-state index contributed by atoms with van der Waals surface area (Å²) in [4.78, 5) is 4.59. The normalized spacial score (nSPS) is 12.0. The van der Waals surface area contributed by atoms with Crippen molar-refractivity contribution in [1.82, 2.24) is 4.98 Å². The van der Waals surface area contributed by atoms with Crippen molar-refractivity contribution >= 4 is 13.3 Å². The average Bonchev–Trinajstić information content (AvgIpc) is 2.36. The Bertz CT molecular complexity index is 629. The second kappa shape index (κ2) is 6.10. The number of nitrogens with zero attached hydrogens (tertiary/aromatic N) is 1. The van der Waals surface area contributed by atoms with Crippen LogP contribution in [-0.4, -0.2) is 13.1 Å². The van der Waals surface area contributed by atoms with Crippen LogP contribution in [0.1, 0.15) is 19.4 Å². The summed E-state index contributed by atoms with van der Waals surface area (Å²) in [6.07, 6.45) is 3.06. The molecular formula is C18H24FNSi. The summed E-state index contributed by atoms with van der Waals surface area (Å²) in [5.41, 5.74) is 3.09. The number of pyridine rings is 1. The van der Waals surface area contributed by atoms with Gasteiger partial charge in [0.1, 0.15) is 5.82 Å². The molecule has 0 aliphatic rings. The maximum absolute atomic E-state index is 13.4. The predicted molar refractivity (Wildman–Crippen MR) is 91.2 cm³/mol. The Morgan fingerprint density at radius 1 is 1.14 bits per heavy atom. The van der Waals surface area contributed by atoms with Gasteiger partial charge in [-0.3, -0.25) is 4.98 Å². The van der Waals surface area contributed by atoms with Crippen LogP contribution in [0.15, 0.2) is 36.5 Å². The Balaban J connectivity index is 2.51. The topological polar surface area (TPSA) is 12.9 Å². The Morgan fingerprint density at radius 2 is 1.86 bits per heavy atom. The van der Waals surface area contributed by atoms with Crippen molar-refractivity contribution in [2.75, 3.05) is 0 Å². The molecule has 0 bridgehead atoms. The average molecular weight is 301 g/mol. The first-order chi connectivity index (χ1) is 9.77. The molecule has 0 saturated carbocycles. The number of hydrogen-bond acceptors (Lipinski definition) is 1. The molecule has 1 heterocycles. The lowest BCUT2D eigenvalue weighted by molar-refractivity contribution is 0.628. The van der Waals surface area contributed by atoms with Crippen LogP contribution in [0.5, 0.6) is 0 Å². The van der Waals surface area contributed by atoms with Gasteiger partial charge in [-0.25, -0.2) is 4.39 Å². The van der Waals surface area contributed by atoms with Gasteiger partial charge in [0, 0.05) is 11.8 Å². The van der Waals surface area contributed by atoms with Crippen LogP contribution < -0.4 is 5.19 Å². The van der Waals surface area contributed by atoms with Gasteiger partial charge in [0.25, 0.3) is 0 Å². The highest BCUT2D eigenvalue weighted by Gasteiger charge is 2.21. The molecule has 0 radical (unpaired) electrons. The van der Waals surface area contributed by atoms with Gasteiger partial charge in [0.05, 0.1) is 13.8 Å². The van der Waals surface area contributed by atoms with Crippen LogP contribution in [-0.2, 0) is 6.42 Å². The third-order valence-electron chi connectivity index (χ3n) is 3.55. The zero-order valence-corrected chi connectivity index (χ0v) is 14.6. The summed E-state index contributed by atoms with van der Waals surface area (Å²) >= 11 is 0. The van der Waals surface area contributed by atoms with E-state index >= 15 is 0 Å². The first kappa shape index (κ1) is 15.9. The highest BCUT2D eigenvalue weighted by molar-refractivity contribution is 6.89. The van der Waals surface area contributed by atoms with E-state index in [4.69, 9.17) is 0 Å². The largest absolute Gasteiger partial charge is 0.256 e. The molecule has 2 rings (SSSR count). The molecular weight excluding hydrogens is 277 g/mol. The number of benzene rings is 1. The fourth-order valence-corrected chi connectivity index (χ4v) is 4.18. The summed E-state index contributed by atoms with van der Waals surface area (Å²) in [5, 5.41) is 1.41. The van der Waals surface area contributed by atoms with Gasteiger partial charge in [0.2, 0.25) is 0 Å². The molecule has 1 aromatic heterocycles. The smallest absolute Gasteiger partial charge is 0.123 e. The number of hydrogen-bond donors (Lipinski definition) is 0. The lowest BCUT2D eigenvalue weighted by Crippen LogP contribution is -2.40. The van der Waals surface area contributed by atoms with Crippen molar-refractivity contribution < 1.29 is 4.39 Å². The van der Waals surface area contributed by atoms with Crippen LogP contribution in [0.2, 0.25) is 19.6 Å². The SMILES string of the molecule is CC(C)Cc1cc(-c2cccc(F)c2)ncc1[Si](C)(C)C. The summed E-state index contributed by atoms with van der Waals surface area (Å²) in [6.45, 7) is 11.5. The van der Waals surface area contributed by atoms with E-state index < -0.39 is 8.07 Å².